The summed E-state index contributed by atoms with van der Waals surface area (Å²) in [6.07, 6.45) is 8.28. The minimum Gasteiger partial charge on any atom is -0.352 e. The van der Waals surface area contributed by atoms with Gasteiger partial charge < -0.3 is 15.2 Å². The quantitative estimate of drug-likeness (QED) is 0.769. The molecule has 2 aromatic rings. The summed E-state index contributed by atoms with van der Waals surface area (Å²) in [4.78, 5) is 24.1. The highest BCUT2D eigenvalue weighted by Crippen LogP contribution is 2.21. The minimum absolute atomic E-state index is 0.0598. The van der Waals surface area contributed by atoms with Crippen molar-refractivity contribution in [1.82, 2.24) is 20.3 Å². The molecule has 0 aromatic carbocycles. The van der Waals surface area contributed by atoms with Crippen molar-refractivity contribution in [3.05, 3.63) is 28.9 Å². The highest BCUT2D eigenvalue weighted by atomic mass is 35.5. The Morgan fingerprint density at radius 1 is 1.35 bits per heavy atom. The number of anilines is 1. The van der Waals surface area contributed by atoms with Gasteiger partial charge in [-0.25, -0.2) is 0 Å². The van der Waals surface area contributed by atoms with Crippen LogP contribution in [0.15, 0.2) is 16.9 Å². The largest absolute Gasteiger partial charge is 0.352 e. The average molecular weight is 380 g/mol. The van der Waals surface area contributed by atoms with Crippen LogP contribution >= 0.6 is 11.6 Å². The molecule has 2 heterocycles. The van der Waals surface area contributed by atoms with Crippen LogP contribution in [0.2, 0.25) is 5.22 Å². The van der Waals surface area contributed by atoms with Gasteiger partial charge in [0.15, 0.2) is 0 Å². The van der Waals surface area contributed by atoms with Crippen molar-refractivity contribution in [3.8, 4) is 0 Å². The Morgan fingerprint density at radius 2 is 2.12 bits per heavy atom. The van der Waals surface area contributed by atoms with Crippen molar-refractivity contribution in [2.45, 2.75) is 58.0 Å². The molecule has 1 fully saturated rings. The second kappa shape index (κ2) is 8.35. The standard InChI is InChI=1S/C17H22ClN5O3/c1-11-14(17(18)26-22-11)6-7-15(24)21-13-8-19-23(9-13)10-16(25)20-12-4-2-3-5-12/h8-9,12H,2-7,10H2,1H3,(H,20,25)(H,21,24). The van der Waals surface area contributed by atoms with Crippen LogP contribution in [0, 0.1) is 6.92 Å². The maximum Gasteiger partial charge on any atom is 0.241 e. The van der Waals surface area contributed by atoms with Crippen LogP contribution in [-0.4, -0.2) is 32.8 Å². The van der Waals surface area contributed by atoms with Crippen LogP contribution in [0.25, 0.3) is 0 Å². The van der Waals surface area contributed by atoms with Gasteiger partial charge in [0.1, 0.15) is 6.54 Å². The van der Waals surface area contributed by atoms with E-state index in [0.29, 0.717) is 17.8 Å². The second-order valence-corrected chi connectivity index (χ2v) is 6.89. The Labute approximate surface area is 156 Å². The summed E-state index contributed by atoms with van der Waals surface area (Å²) in [7, 11) is 0. The highest BCUT2D eigenvalue weighted by Gasteiger charge is 2.17. The number of aromatic nitrogens is 3. The van der Waals surface area contributed by atoms with Crippen LogP contribution < -0.4 is 10.6 Å². The summed E-state index contributed by atoms with van der Waals surface area (Å²) in [6, 6.07) is 0.282. The van der Waals surface area contributed by atoms with Crippen molar-refractivity contribution < 1.29 is 14.1 Å². The molecule has 140 valence electrons. The van der Waals surface area contributed by atoms with Gasteiger partial charge in [-0.3, -0.25) is 14.3 Å². The molecular weight excluding hydrogens is 358 g/mol. The molecule has 0 unspecified atom stereocenters. The normalized spacial score (nSPS) is 14.5. The first-order valence-corrected chi connectivity index (χ1v) is 9.11. The van der Waals surface area contributed by atoms with E-state index >= 15 is 0 Å². The van der Waals surface area contributed by atoms with E-state index in [1.165, 1.54) is 23.7 Å². The van der Waals surface area contributed by atoms with Crippen molar-refractivity contribution in [2.24, 2.45) is 0 Å². The first-order chi connectivity index (χ1) is 12.5. The van der Waals surface area contributed by atoms with Gasteiger partial charge in [-0.15, -0.1) is 0 Å². The molecule has 0 aliphatic heterocycles. The van der Waals surface area contributed by atoms with Crippen LogP contribution in [0.1, 0.15) is 43.4 Å². The monoisotopic (exact) mass is 379 g/mol. The van der Waals surface area contributed by atoms with E-state index in [1.54, 1.807) is 13.1 Å². The molecule has 9 heteroatoms. The summed E-state index contributed by atoms with van der Waals surface area (Å²) in [6.45, 7) is 1.92. The Balaban J connectivity index is 1.45. The fourth-order valence-corrected chi connectivity index (χ4v) is 3.37. The molecule has 1 aliphatic carbocycles. The number of amides is 2. The topological polar surface area (TPSA) is 102 Å². The highest BCUT2D eigenvalue weighted by molar-refractivity contribution is 6.29. The van der Waals surface area contributed by atoms with Gasteiger partial charge in [0, 0.05) is 24.2 Å². The van der Waals surface area contributed by atoms with Crippen molar-refractivity contribution in [3.63, 3.8) is 0 Å². The molecule has 26 heavy (non-hydrogen) atoms. The van der Waals surface area contributed by atoms with Crippen LogP contribution in [0.3, 0.4) is 0 Å². The summed E-state index contributed by atoms with van der Waals surface area (Å²) in [5.74, 6) is -0.230. The number of carbonyl (C=O) groups is 2. The number of rotatable bonds is 7. The second-order valence-electron chi connectivity index (χ2n) is 6.54. The number of halogens is 1. The maximum atomic E-state index is 12.1. The molecule has 0 atom stereocenters. The lowest BCUT2D eigenvalue weighted by Gasteiger charge is -2.11. The Kier molecular flexibility index (Phi) is 5.92. The smallest absolute Gasteiger partial charge is 0.241 e. The van der Waals surface area contributed by atoms with Crippen molar-refractivity contribution in [2.75, 3.05) is 5.32 Å². The van der Waals surface area contributed by atoms with E-state index in [2.05, 4.69) is 20.9 Å². The number of aryl methyl sites for hydroxylation is 1. The predicted molar refractivity (Wildman–Crippen MR) is 95.8 cm³/mol. The molecule has 0 bridgehead atoms. The van der Waals surface area contributed by atoms with E-state index < -0.39 is 0 Å². The molecule has 8 nitrogen and oxygen atoms in total. The Hall–Kier alpha value is -2.35. The van der Waals surface area contributed by atoms with Gasteiger partial charge in [-0.1, -0.05) is 18.0 Å². The summed E-state index contributed by atoms with van der Waals surface area (Å²) in [5, 5.41) is 13.9. The van der Waals surface area contributed by atoms with Gasteiger partial charge in [-0.05, 0) is 37.8 Å². The molecule has 2 N–H and O–H groups in total. The van der Waals surface area contributed by atoms with E-state index in [4.69, 9.17) is 16.1 Å². The van der Waals surface area contributed by atoms with E-state index in [9.17, 15) is 9.59 Å². The molecule has 0 spiro atoms. The zero-order valence-electron chi connectivity index (χ0n) is 14.6. The van der Waals surface area contributed by atoms with Gasteiger partial charge >= 0.3 is 0 Å². The van der Waals surface area contributed by atoms with Crippen LogP contribution in [0.5, 0.6) is 0 Å². The predicted octanol–water partition coefficient (Wildman–Crippen LogP) is 2.46. The van der Waals surface area contributed by atoms with Gasteiger partial charge in [0.25, 0.3) is 0 Å². The Bertz CT molecular complexity index is 760. The molecule has 3 rings (SSSR count). The minimum atomic E-state index is -0.170. The lowest BCUT2D eigenvalue weighted by Crippen LogP contribution is -2.35. The number of carbonyl (C=O) groups excluding carboxylic acids is 2. The molecule has 1 aliphatic rings. The van der Waals surface area contributed by atoms with Crippen LogP contribution in [-0.2, 0) is 22.6 Å². The zero-order valence-corrected chi connectivity index (χ0v) is 15.4. The van der Waals surface area contributed by atoms with E-state index in [1.807, 2.05) is 0 Å². The number of hydrogen-bond donors (Lipinski definition) is 2. The lowest BCUT2D eigenvalue weighted by atomic mass is 10.1. The molecule has 1 saturated carbocycles. The average Bonchev–Trinajstić information content (AvgIpc) is 3.30. The third kappa shape index (κ3) is 4.85. The number of hydrogen-bond acceptors (Lipinski definition) is 5. The zero-order chi connectivity index (χ0) is 18.5. The molecule has 0 saturated heterocycles. The molecular formula is C17H22ClN5O3. The fourth-order valence-electron chi connectivity index (χ4n) is 3.11. The third-order valence-corrected chi connectivity index (χ3v) is 4.78. The number of nitrogens with zero attached hydrogens (tertiary/aromatic N) is 3. The number of nitrogens with one attached hydrogen (secondary N) is 2. The molecule has 2 amide bonds. The fraction of sp³-hybridized carbons (Fsp3) is 0.529. The first kappa shape index (κ1) is 18.4. The summed E-state index contributed by atoms with van der Waals surface area (Å²) in [5.41, 5.74) is 1.97. The van der Waals surface area contributed by atoms with Crippen LogP contribution in [0.4, 0.5) is 5.69 Å². The Morgan fingerprint density at radius 3 is 2.81 bits per heavy atom. The maximum absolute atomic E-state index is 12.1. The SMILES string of the molecule is Cc1noc(Cl)c1CCC(=O)Nc1cnn(CC(=O)NC2CCCC2)c1. The van der Waals surface area contributed by atoms with Gasteiger partial charge in [-0.2, -0.15) is 5.10 Å². The van der Waals surface area contributed by atoms with E-state index in [-0.39, 0.29) is 36.0 Å². The first-order valence-electron chi connectivity index (χ1n) is 8.73. The van der Waals surface area contributed by atoms with Gasteiger partial charge in [0.05, 0.1) is 17.6 Å². The summed E-state index contributed by atoms with van der Waals surface area (Å²) >= 11 is 5.89. The summed E-state index contributed by atoms with van der Waals surface area (Å²) < 4.78 is 6.38. The van der Waals surface area contributed by atoms with Crippen molar-refractivity contribution in [1.29, 1.82) is 0 Å². The molecule has 0 radical (unpaired) electrons. The lowest BCUT2D eigenvalue weighted by molar-refractivity contribution is -0.122. The van der Waals surface area contributed by atoms with Gasteiger partial charge in [0.2, 0.25) is 17.0 Å². The third-order valence-electron chi connectivity index (χ3n) is 4.48. The van der Waals surface area contributed by atoms with E-state index in [0.717, 1.165) is 18.4 Å². The molecule has 2 aromatic heterocycles. The van der Waals surface area contributed by atoms with Crippen molar-refractivity contribution >= 4 is 29.1 Å².